The number of carbonyl (C=O) groups excluding carboxylic acids is 1. The van der Waals surface area contributed by atoms with Gasteiger partial charge in [0.25, 0.3) is 0 Å². The first-order chi connectivity index (χ1) is 6.25. The van der Waals surface area contributed by atoms with Crippen molar-refractivity contribution in [3.8, 4) is 0 Å². The molecular weight excluding hydrogens is 164 g/mol. The average molecular weight is 180 g/mol. The molecule has 72 valence electrons. The molecule has 0 spiro atoms. The standard InChI is InChI=1S/C11H16O2/c1-7(11(12)13-2)10-8-5-3-4-6-9(8)10/h8-9H,3-6H2,1-2H3. The van der Waals surface area contributed by atoms with E-state index in [0.717, 1.165) is 17.4 Å². The van der Waals surface area contributed by atoms with Gasteiger partial charge in [-0.05, 0) is 31.6 Å². The molecule has 0 aliphatic heterocycles. The van der Waals surface area contributed by atoms with Crippen LogP contribution in [0, 0.1) is 11.8 Å². The van der Waals surface area contributed by atoms with Crippen LogP contribution in [0.5, 0.6) is 0 Å². The number of hydrogen-bond donors (Lipinski definition) is 0. The number of ether oxygens (including phenoxy) is 1. The summed E-state index contributed by atoms with van der Waals surface area (Å²) in [6.07, 6.45) is 5.24. The molecule has 0 heterocycles. The van der Waals surface area contributed by atoms with E-state index >= 15 is 0 Å². The molecule has 13 heavy (non-hydrogen) atoms. The Morgan fingerprint density at radius 1 is 1.31 bits per heavy atom. The van der Waals surface area contributed by atoms with Crippen LogP contribution in [-0.2, 0) is 9.53 Å². The van der Waals surface area contributed by atoms with E-state index in [1.165, 1.54) is 38.4 Å². The van der Waals surface area contributed by atoms with Crippen molar-refractivity contribution in [2.24, 2.45) is 11.8 Å². The minimum atomic E-state index is -0.135. The highest BCUT2D eigenvalue weighted by molar-refractivity contribution is 5.89. The third kappa shape index (κ3) is 1.38. The van der Waals surface area contributed by atoms with Gasteiger partial charge in [0.1, 0.15) is 0 Å². The van der Waals surface area contributed by atoms with Crippen LogP contribution in [0.25, 0.3) is 0 Å². The Bertz CT molecular complexity index is 251. The van der Waals surface area contributed by atoms with E-state index in [4.69, 9.17) is 4.74 Å². The van der Waals surface area contributed by atoms with Gasteiger partial charge in [-0.15, -0.1) is 0 Å². The monoisotopic (exact) mass is 180 g/mol. The summed E-state index contributed by atoms with van der Waals surface area (Å²) in [5, 5.41) is 0. The van der Waals surface area contributed by atoms with E-state index in [1.54, 1.807) is 0 Å². The van der Waals surface area contributed by atoms with Crippen LogP contribution in [0.1, 0.15) is 32.6 Å². The van der Waals surface area contributed by atoms with E-state index in [-0.39, 0.29) is 5.97 Å². The van der Waals surface area contributed by atoms with Crippen molar-refractivity contribution in [3.63, 3.8) is 0 Å². The Kier molecular flexibility index (Phi) is 2.14. The zero-order valence-corrected chi connectivity index (χ0v) is 8.30. The minimum Gasteiger partial charge on any atom is -0.466 e. The first kappa shape index (κ1) is 8.79. The van der Waals surface area contributed by atoms with Crippen molar-refractivity contribution in [2.45, 2.75) is 32.6 Å². The molecule has 0 amide bonds. The summed E-state index contributed by atoms with van der Waals surface area (Å²) in [6, 6.07) is 0. The first-order valence-electron chi connectivity index (χ1n) is 5.04. The van der Waals surface area contributed by atoms with Gasteiger partial charge in [0.05, 0.1) is 7.11 Å². The fourth-order valence-electron chi connectivity index (χ4n) is 2.65. The molecule has 2 fully saturated rings. The summed E-state index contributed by atoms with van der Waals surface area (Å²) < 4.78 is 4.72. The Balaban J connectivity index is 2.13. The maximum absolute atomic E-state index is 11.3. The minimum absolute atomic E-state index is 0.135. The molecule has 2 saturated carbocycles. The van der Waals surface area contributed by atoms with Crippen LogP contribution in [0.15, 0.2) is 11.1 Å². The Morgan fingerprint density at radius 3 is 2.31 bits per heavy atom. The second kappa shape index (κ2) is 3.17. The second-order valence-corrected chi connectivity index (χ2v) is 4.07. The number of esters is 1. The van der Waals surface area contributed by atoms with Gasteiger partial charge in [-0.3, -0.25) is 0 Å². The number of rotatable bonds is 1. The van der Waals surface area contributed by atoms with Gasteiger partial charge in [-0.1, -0.05) is 18.4 Å². The van der Waals surface area contributed by atoms with Gasteiger partial charge in [-0.2, -0.15) is 0 Å². The lowest BCUT2D eigenvalue weighted by atomic mass is 10.0. The summed E-state index contributed by atoms with van der Waals surface area (Å²) in [5.74, 6) is 1.32. The fourth-order valence-corrected chi connectivity index (χ4v) is 2.65. The van der Waals surface area contributed by atoms with Gasteiger partial charge in [-0.25, -0.2) is 4.79 Å². The molecule has 2 heteroatoms. The SMILES string of the molecule is COC(=O)C(C)=C1C2CCCCC12. The molecule has 0 radical (unpaired) electrons. The fraction of sp³-hybridized carbons (Fsp3) is 0.727. The maximum Gasteiger partial charge on any atom is 0.333 e. The smallest absolute Gasteiger partial charge is 0.333 e. The lowest BCUT2D eigenvalue weighted by Crippen LogP contribution is -2.01. The van der Waals surface area contributed by atoms with Gasteiger partial charge in [0.2, 0.25) is 0 Å². The number of allylic oxidation sites excluding steroid dienone is 1. The normalized spacial score (nSPS) is 30.8. The van der Waals surface area contributed by atoms with Gasteiger partial charge >= 0.3 is 5.97 Å². The topological polar surface area (TPSA) is 26.3 Å². The van der Waals surface area contributed by atoms with Crippen molar-refractivity contribution < 1.29 is 9.53 Å². The third-order valence-corrected chi connectivity index (χ3v) is 3.38. The van der Waals surface area contributed by atoms with Crippen LogP contribution in [0.3, 0.4) is 0 Å². The summed E-state index contributed by atoms with van der Waals surface area (Å²) in [6.45, 7) is 1.90. The van der Waals surface area contributed by atoms with Crippen LogP contribution < -0.4 is 0 Å². The zero-order chi connectivity index (χ0) is 9.42. The summed E-state index contributed by atoms with van der Waals surface area (Å²) in [4.78, 5) is 11.3. The third-order valence-electron chi connectivity index (χ3n) is 3.38. The number of fused-ring (bicyclic) bond motifs is 1. The molecule has 0 saturated heterocycles. The molecule has 2 atom stereocenters. The van der Waals surface area contributed by atoms with E-state index in [0.29, 0.717) is 0 Å². The summed E-state index contributed by atoms with van der Waals surface area (Å²) in [7, 11) is 1.46. The molecule has 0 N–H and O–H groups in total. The van der Waals surface area contributed by atoms with E-state index in [1.807, 2.05) is 6.92 Å². The Morgan fingerprint density at radius 2 is 1.85 bits per heavy atom. The zero-order valence-electron chi connectivity index (χ0n) is 8.30. The predicted molar refractivity (Wildman–Crippen MR) is 50.2 cm³/mol. The van der Waals surface area contributed by atoms with Crippen LogP contribution in [-0.4, -0.2) is 13.1 Å². The highest BCUT2D eigenvalue weighted by atomic mass is 16.5. The molecule has 0 aromatic rings. The Labute approximate surface area is 79.0 Å². The molecule has 2 aliphatic rings. The quantitative estimate of drug-likeness (QED) is 0.457. The number of carbonyl (C=O) groups is 1. The number of hydrogen-bond acceptors (Lipinski definition) is 2. The van der Waals surface area contributed by atoms with E-state index < -0.39 is 0 Å². The predicted octanol–water partition coefficient (Wildman–Crippen LogP) is 2.30. The van der Waals surface area contributed by atoms with Gasteiger partial charge in [0, 0.05) is 5.57 Å². The van der Waals surface area contributed by atoms with Gasteiger partial charge < -0.3 is 4.74 Å². The molecule has 0 aromatic carbocycles. The maximum atomic E-state index is 11.3. The largest absolute Gasteiger partial charge is 0.466 e. The van der Waals surface area contributed by atoms with Gasteiger partial charge in [0.15, 0.2) is 0 Å². The van der Waals surface area contributed by atoms with Crippen LogP contribution in [0.4, 0.5) is 0 Å². The molecular formula is C11H16O2. The summed E-state index contributed by atoms with van der Waals surface area (Å²) >= 11 is 0. The van der Waals surface area contributed by atoms with Crippen molar-refractivity contribution in [1.82, 2.24) is 0 Å². The highest BCUT2D eigenvalue weighted by Gasteiger charge is 2.47. The lowest BCUT2D eigenvalue weighted by molar-refractivity contribution is -0.136. The van der Waals surface area contributed by atoms with E-state index in [9.17, 15) is 4.79 Å². The first-order valence-corrected chi connectivity index (χ1v) is 5.04. The molecule has 0 bridgehead atoms. The molecule has 0 aromatic heterocycles. The van der Waals surface area contributed by atoms with Crippen molar-refractivity contribution in [1.29, 1.82) is 0 Å². The molecule has 2 unspecified atom stereocenters. The molecule has 2 aliphatic carbocycles. The molecule has 2 rings (SSSR count). The van der Waals surface area contributed by atoms with Crippen LogP contribution >= 0.6 is 0 Å². The van der Waals surface area contributed by atoms with Crippen LogP contribution in [0.2, 0.25) is 0 Å². The second-order valence-electron chi connectivity index (χ2n) is 4.07. The molecule has 2 nitrogen and oxygen atoms in total. The van der Waals surface area contributed by atoms with Crippen molar-refractivity contribution in [3.05, 3.63) is 11.1 Å². The lowest BCUT2D eigenvalue weighted by Gasteiger charge is -2.04. The highest BCUT2D eigenvalue weighted by Crippen LogP contribution is 2.56. The Hall–Kier alpha value is -0.790. The number of methoxy groups -OCH3 is 1. The average Bonchev–Trinajstić information content (AvgIpc) is 2.89. The van der Waals surface area contributed by atoms with Crippen molar-refractivity contribution >= 4 is 5.97 Å². The summed E-state index contributed by atoms with van der Waals surface area (Å²) in [5.41, 5.74) is 2.27. The van der Waals surface area contributed by atoms with Crippen molar-refractivity contribution in [2.75, 3.05) is 7.11 Å². The van der Waals surface area contributed by atoms with E-state index in [2.05, 4.69) is 0 Å².